The number of rotatable bonds is 16. The normalized spacial score (nSPS) is 12.5. The van der Waals surface area contributed by atoms with Crippen molar-refractivity contribution in [3.05, 3.63) is 0 Å². The number of methoxy groups -OCH3 is 4. The number of hydrogen-bond donors (Lipinski definition) is 2. The van der Waals surface area contributed by atoms with Crippen molar-refractivity contribution < 1.29 is 52.7 Å². The van der Waals surface area contributed by atoms with Gasteiger partial charge in [0.1, 0.15) is 19.8 Å². The first-order chi connectivity index (χ1) is 17.6. The van der Waals surface area contributed by atoms with Crippen LogP contribution in [0.2, 0.25) is 0 Å². The lowest BCUT2D eigenvalue weighted by Crippen LogP contribution is -2.46. The number of nitrogens with zero attached hydrogens (tertiary/aromatic N) is 3. The Morgan fingerprint density at radius 2 is 1.19 bits per heavy atom. The Labute approximate surface area is 215 Å². The Morgan fingerprint density at radius 3 is 1.57 bits per heavy atom. The summed E-state index contributed by atoms with van der Waals surface area (Å²) in [6.07, 6.45) is 0.0853. The molecule has 1 fully saturated rings. The fourth-order valence-electron chi connectivity index (χ4n) is 2.63. The summed E-state index contributed by atoms with van der Waals surface area (Å²) in [7, 11) is 7.33. The summed E-state index contributed by atoms with van der Waals surface area (Å²) in [6.45, 7) is 0.713. The van der Waals surface area contributed by atoms with Crippen LogP contribution >= 0.6 is 0 Å². The molecule has 0 spiro atoms. The molecule has 0 radical (unpaired) electrons. The standard InChI is InChI=1S/C12H19N3O7.C9H18N2O4/c1-20-6-5-14(12(19)8-21-2)7-9(16)13-22-15-10(17)3-4-11(15)18;1-10-8(12)6-11(4-5-14-2)9(13)7-15-3/h3-8H2,1-2H3,(H,13,16);4-7H2,1-3H3,(H,10,12). The fourth-order valence-corrected chi connectivity index (χ4v) is 2.63. The van der Waals surface area contributed by atoms with Crippen LogP contribution in [0, 0.1) is 0 Å². The molecule has 0 bridgehead atoms. The molecule has 16 nitrogen and oxygen atoms in total. The SMILES string of the molecule is CNC(=O)CN(CCOC)C(=O)COC.COCCN(CC(=O)NON1C(=O)CCC1=O)C(=O)COC. The van der Waals surface area contributed by atoms with E-state index in [1.54, 1.807) is 7.11 Å². The first kappa shape index (κ1) is 33.8. The van der Waals surface area contributed by atoms with Crippen molar-refractivity contribution in [1.82, 2.24) is 25.7 Å². The number of carbonyl (C=O) groups is 6. The second-order valence-electron chi connectivity index (χ2n) is 7.35. The molecule has 0 aromatic carbocycles. The van der Waals surface area contributed by atoms with E-state index < -0.39 is 23.6 Å². The zero-order valence-electron chi connectivity index (χ0n) is 21.9. The molecule has 0 saturated carbocycles. The lowest BCUT2D eigenvalue weighted by Gasteiger charge is -2.21. The van der Waals surface area contributed by atoms with Crippen LogP contribution in [0.15, 0.2) is 0 Å². The van der Waals surface area contributed by atoms with E-state index in [0.29, 0.717) is 18.2 Å². The molecule has 1 rings (SSSR count). The number of hydrogen-bond acceptors (Lipinski definition) is 11. The van der Waals surface area contributed by atoms with Crippen LogP contribution < -0.4 is 10.8 Å². The lowest BCUT2D eigenvalue weighted by molar-refractivity contribution is -0.209. The van der Waals surface area contributed by atoms with Crippen LogP contribution in [0.4, 0.5) is 0 Å². The summed E-state index contributed by atoms with van der Waals surface area (Å²) >= 11 is 0. The summed E-state index contributed by atoms with van der Waals surface area (Å²) in [6, 6.07) is 0. The monoisotopic (exact) mass is 535 g/mol. The van der Waals surface area contributed by atoms with Crippen LogP contribution in [0.3, 0.4) is 0 Å². The zero-order valence-corrected chi connectivity index (χ0v) is 21.9. The van der Waals surface area contributed by atoms with Crippen molar-refractivity contribution in [2.45, 2.75) is 12.8 Å². The fraction of sp³-hybridized carbons (Fsp3) is 0.714. The van der Waals surface area contributed by atoms with Gasteiger partial charge in [-0.2, -0.15) is 0 Å². The van der Waals surface area contributed by atoms with Crippen LogP contribution in [0.5, 0.6) is 0 Å². The highest BCUT2D eigenvalue weighted by atomic mass is 16.8. The number of hydroxylamine groups is 3. The van der Waals surface area contributed by atoms with E-state index in [1.165, 1.54) is 38.2 Å². The predicted octanol–water partition coefficient (Wildman–Crippen LogP) is -2.93. The predicted molar refractivity (Wildman–Crippen MR) is 125 cm³/mol. The van der Waals surface area contributed by atoms with Crippen molar-refractivity contribution in [2.75, 3.05) is 88.1 Å². The molecule has 1 heterocycles. The van der Waals surface area contributed by atoms with Crippen molar-refractivity contribution in [2.24, 2.45) is 0 Å². The van der Waals surface area contributed by atoms with Crippen LogP contribution in [0.1, 0.15) is 12.8 Å². The van der Waals surface area contributed by atoms with E-state index in [4.69, 9.17) is 18.9 Å². The maximum absolute atomic E-state index is 11.8. The average Bonchev–Trinajstić information content (AvgIpc) is 3.20. The number of imide groups is 1. The Kier molecular flexibility index (Phi) is 18.2. The van der Waals surface area contributed by atoms with Gasteiger partial charge in [0.15, 0.2) is 0 Å². The molecule has 0 aromatic rings. The number of likely N-dealkylation sites (N-methyl/N-ethyl adjacent to an activating group) is 1. The molecule has 1 saturated heterocycles. The van der Waals surface area contributed by atoms with Crippen molar-refractivity contribution in [3.8, 4) is 0 Å². The van der Waals surface area contributed by atoms with E-state index in [1.807, 2.05) is 5.48 Å². The van der Waals surface area contributed by atoms with Gasteiger partial charge in [-0.1, -0.05) is 0 Å². The maximum atomic E-state index is 11.8. The van der Waals surface area contributed by atoms with Crippen molar-refractivity contribution >= 4 is 35.4 Å². The Balaban J connectivity index is 0.000000757. The number of amides is 6. The van der Waals surface area contributed by atoms with Gasteiger partial charge < -0.3 is 34.1 Å². The molecule has 1 aliphatic heterocycles. The molecular weight excluding hydrogens is 498 g/mol. The van der Waals surface area contributed by atoms with Gasteiger partial charge in [-0.15, -0.1) is 10.0 Å². The van der Waals surface area contributed by atoms with Crippen molar-refractivity contribution in [3.63, 3.8) is 0 Å². The minimum absolute atomic E-state index is 0.0271. The minimum atomic E-state index is -0.687. The Morgan fingerprint density at radius 1 is 0.757 bits per heavy atom. The van der Waals surface area contributed by atoms with Crippen molar-refractivity contribution in [1.29, 1.82) is 0 Å². The molecule has 0 aliphatic carbocycles. The van der Waals surface area contributed by atoms with E-state index in [0.717, 1.165) is 0 Å². The quantitative estimate of drug-likeness (QED) is 0.152. The van der Waals surface area contributed by atoms with Gasteiger partial charge in [-0.05, 0) is 0 Å². The average molecular weight is 536 g/mol. The van der Waals surface area contributed by atoms with Gasteiger partial charge in [0.25, 0.3) is 17.7 Å². The highest BCUT2D eigenvalue weighted by molar-refractivity contribution is 6.00. The number of ether oxygens (including phenoxy) is 4. The molecule has 16 heteroatoms. The molecule has 37 heavy (non-hydrogen) atoms. The largest absolute Gasteiger partial charge is 0.383 e. The maximum Gasteiger partial charge on any atom is 0.265 e. The molecule has 2 N–H and O–H groups in total. The van der Waals surface area contributed by atoms with Gasteiger partial charge >= 0.3 is 0 Å². The second kappa shape index (κ2) is 19.9. The first-order valence-corrected chi connectivity index (χ1v) is 11.2. The molecule has 0 aromatic heterocycles. The van der Waals surface area contributed by atoms with Gasteiger partial charge in [0, 0.05) is 61.4 Å². The van der Waals surface area contributed by atoms with Gasteiger partial charge in [-0.3, -0.25) is 28.8 Å². The highest BCUT2D eigenvalue weighted by Gasteiger charge is 2.31. The van der Waals surface area contributed by atoms with E-state index in [9.17, 15) is 28.8 Å². The second-order valence-corrected chi connectivity index (χ2v) is 7.35. The summed E-state index contributed by atoms with van der Waals surface area (Å²) in [5.41, 5.74) is 1.96. The van der Waals surface area contributed by atoms with Gasteiger partial charge in [-0.25, -0.2) is 5.48 Å². The number of nitrogens with one attached hydrogen (secondary N) is 2. The topological polar surface area (TPSA) is 182 Å². The van der Waals surface area contributed by atoms with E-state index in [2.05, 4.69) is 10.3 Å². The molecule has 1 aliphatic rings. The van der Waals surface area contributed by atoms with E-state index in [-0.39, 0.29) is 64.1 Å². The third kappa shape index (κ3) is 14.2. The van der Waals surface area contributed by atoms with Crippen LogP contribution in [-0.2, 0) is 52.7 Å². The summed E-state index contributed by atoms with van der Waals surface area (Å²) < 4.78 is 19.1. The zero-order chi connectivity index (χ0) is 28.2. The molecule has 0 unspecified atom stereocenters. The van der Waals surface area contributed by atoms with Crippen LogP contribution in [-0.4, -0.2) is 138 Å². The minimum Gasteiger partial charge on any atom is -0.383 e. The summed E-state index contributed by atoms with van der Waals surface area (Å²) in [4.78, 5) is 75.9. The van der Waals surface area contributed by atoms with Crippen LogP contribution in [0.25, 0.3) is 0 Å². The molecule has 0 atom stereocenters. The third-order valence-electron chi connectivity index (χ3n) is 4.58. The number of carbonyl (C=O) groups excluding carboxylic acids is 6. The molecular formula is C21H37N5O11. The Bertz CT molecular complexity index is 749. The van der Waals surface area contributed by atoms with Gasteiger partial charge in [0.2, 0.25) is 17.7 Å². The summed E-state index contributed by atoms with van der Waals surface area (Å²) in [5.74, 6) is -2.58. The van der Waals surface area contributed by atoms with Gasteiger partial charge in [0.05, 0.1) is 19.8 Å². The molecule has 212 valence electrons. The molecule has 6 amide bonds. The third-order valence-corrected chi connectivity index (χ3v) is 4.58. The highest BCUT2D eigenvalue weighted by Crippen LogP contribution is 2.10. The smallest absolute Gasteiger partial charge is 0.265 e. The lowest BCUT2D eigenvalue weighted by atomic mass is 10.4. The van der Waals surface area contributed by atoms with E-state index >= 15 is 0 Å². The summed E-state index contributed by atoms with van der Waals surface area (Å²) in [5, 5.41) is 2.95. The Hall–Kier alpha value is -3.18. The first-order valence-electron chi connectivity index (χ1n) is 11.2.